The van der Waals surface area contributed by atoms with Crippen molar-refractivity contribution < 1.29 is 9.53 Å². The molecule has 1 rings (SSSR count). The summed E-state index contributed by atoms with van der Waals surface area (Å²) in [5.74, 6) is -0.317. The first-order chi connectivity index (χ1) is 7.13. The lowest BCUT2D eigenvalue weighted by Gasteiger charge is -2.11. The molecule has 1 atom stereocenters. The summed E-state index contributed by atoms with van der Waals surface area (Å²) in [4.78, 5) is 11.1. The molecule has 0 saturated carbocycles. The Morgan fingerprint density at radius 2 is 2.07 bits per heavy atom. The molecule has 1 aromatic rings. The predicted octanol–water partition coefficient (Wildman–Crippen LogP) is 2.51. The maximum Gasteiger partial charge on any atom is 0.310 e. The fourth-order valence-corrected chi connectivity index (χ4v) is 1.48. The number of rotatable bonds is 4. The van der Waals surface area contributed by atoms with E-state index in [2.05, 4.69) is 32.6 Å². The van der Waals surface area contributed by atoms with Crippen LogP contribution in [0.3, 0.4) is 0 Å². The SMILES string of the molecule is COC(=O)C(C)CNc1ccc(I)cc1. The third kappa shape index (κ3) is 4.07. The zero-order valence-electron chi connectivity index (χ0n) is 8.79. The molecule has 0 aliphatic heterocycles. The molecule has 15 heavy (non-hydrogen) atoms. The van der Waals surface area contributed by atoms with Gasteiger partial charge in [0.05, 0.1) is 13.0 Å². The van der Waals surface area contributed by atoms with E-state index in [4.69, 9.17) is 0 Å². The van der Waals surface area contributed by atoms with E-state index in [1.165, 1.54) is 10.7 Å². The molecule has 1 aromatic carbocycles. The Morgan fingerprint density at radius 1 is 1.47 bits per heavy atom. The number of nitrogens with one attached hydrogen (secondary N) is 1. The summed E-state index contributed by atoms with van der Waals surface area (Å²) in [6.07, 6.45) is 0. The van der Waals surface area contributed by atoms with E-state index in [9.17, 15) is 4.79 Å². The minimum atomic E-state index is -0.187. The first-order valence-electron chi connectivity index (χ1n) is 4.70. The highest BCUT2D eigenvalue weighted by Gasteiger charge is 2.11. The van der Waals surface area contributed by atoms with Crippen LogP contribution in [0.15, 0.2) is 24.3 Å². The Balaban J connectivity index is 2.43. The Labute approximate surface area is 103 Å². The summed E-state index contributed by atoms with van der Waals surface area (Å²) in [5.41, 5.74) is 1.02. The molecule has 3 nitrogen and oxygen atoms in total. The number of halogens is 1. The highest BCUT2D eigenvalue weighted by Crippen LogP contribution is 2.11. The van der Waals surface area contributed by atoms with Crippen molar-refractivity contribution in [2.24, 2.45) is 5.92 Å². The van der Waals surface area contributed by atoms with Crippen LogP contribution in [0.4, 0.5) is 5.69 Å². The molecule has 0 aliphatic rings. The lowest BCUT2D eigenvalue weighted by Crippen LogP contribution is -2.21. The van der Waals surface area contributed by atoms with Gasteiger partial charge in [-0.05, 0) is 46.9 Å². The summed E-state index contributed by atoms with van der Waals surface area (Å²) in [6.45, 7) is 2.43. The topological polar surface area (TPSA) is 38.3 Å². The largest absolute Gasteiger partial charge is 0.469 e. The molecule has 82 valence electrons. The highest BCUT2D eigenvalue weighted by molar-refractivity contribution is 14.1. The van der Waals surface area contributed by atoms with Crippen molar-refractivity contribution in [2.75, 3.05) is 19.0 Å². The Kier molecular flexibility index (Phi) is 4.87. The summed E-state index contributed by atoms with van der Waals surface area (Å²) in [5, 5.41) is 3.18. The number of hydrogen-bond acceptors (Lipinski definition) is 3. The van der Waals surface area contributed by atoms with Crippen LogP contribution in [-0.2, 0) is 9.53 Å². The van der Waals surface area contributed by atoms with Crippen LogP contribution in [0, 0.1) is 9.49 Å². The van der Waals surface area contributed by atoms with Gasteiger partial charge in [-0.3, -0.25) is 4.79 Å². The monoisotopic (exact) mass is 319 g/mol. The predicted molar refractivity (Wildman–Crippen MR) is 68.8 cm³/mol. The summed E-state index contributed by atoms with van der Waals surface area (Å²) in [6, 6.07) is 8.02. The summed E-state index contributed by atoms with van der Waals surface area (Å²) >= 11 is 2.25. The van der Waals surface area contributed by atoms with Gasteiger partial charge in [0.1, 0.15) is 0 Å². The van der Waals surface area contributed by atoms with Gasteiger partial charge in [-0.2, -0.15) is 0 Å². The maximum atomic E-state index is 11.1. The molecule has 0 aromatic heterocycles. The van der Waals surface area contributed by atoms with Crippen LogP contribution < -0.4 is 5.32 Å². The smallest absolute Gasteiger partial charge is 0.310 e. The first-order valence-corrected chi connectivity index (χ1v) is 5.78. The van der Waals surface area contributed by atoms with Crippen LogP contribution in [0.25, 0.3) is 0 Å². The molecule has 0 radical (unpaired) electrons. The van der Waals surface area contributed by atoms with E-state index >= 15 is 0 Å². The number of anilines is 1. The molecule has 0 aliphatic carbocycles. The molecular weight excluding hydrogens is 305 g/mol. The first kappa shape index (κ1) is 12.3. The van der Waals surface area contributed by atoms with E-state index in [0.29, 0.717) is 6.54 Å². The van der Waals surface area contributed by atoms with Crippen molar-refractivity contribution in [3.05, 3.63) is 27.8 Å². The van der Waals surface area contributed by atoms with Gasteiger partial charge in [-0.15, -0.1) is 0 Å². The number of carbonyl (C=O) groups is 1. The number of hydrogen-bond donors (Lipinski definition) is 1. The average Bonchev–Trinajstić information content (AvgIpc) is 2.26. The van der Waals surface area contributed by atoms with E-state index in [1.807, 2.05) is 31.2 Å². The number of esters is 1. The highest BCUT2D eigenvalue weighted by atomic mass is 127. The second kappa shape index (κ2) is 5.95. The minimum Gasteiger partial charge on any atom is -0.469 e. The van der Waals surface area contributed by atoms with Crippen molar-refractivity contribution in [1.82, 2.24) is 0 Å². The third-order valence-corrected chi connectivity index (χ3v) is 2.78. The van der Waals surface area contributed by atoms with E-state index in [-0.39, 0.29) is 11.9 Å². The number of methoxy groups -OCH3 is 1. The Hall–Kier alpha value is -0.780. The van der Waals surface area contributed by atoms with Crippen molar-refractivity contribution in [1.29, 1.82) is 0 Å². The molecule has 0 spiro atoms. The quantitative estimate of drug-likeness (QED) is 0.685. The number of carbonyl (C=O) groups excluding carboxylic acids is 1. The fourth-order valence-electron chi connectivity index (χ4n) is 1.12. The van der Waals surface area contributed by atoms with E-state index < -0.39 is 0 Å². The van der Waals surface area contributed by atoms with Gasteiger partial charge in [0.25, 0.3) is 0 Å². The third-order valence-electron chi connectivity index (χ3n) is 2.06. The van der Waals surface area contributed by atoms with E-state index in [1.54, 1.807) is 0 Å². The molecule has 1 N–H and O–H groups in total. The van der Waals surface area contributed by atoms with Gasteiger partial charge in [0.15, 0.2) is 0 Å². The van der Waals surface area contributed by atoms with Gasteiger partial charge in [-0.25, -0.2) is 0 Å². The molecule has 0 fully saturated rings. The van der Waals surface area contributed by atoms with Crippen molar-refractivity contribution in [3.63, 3.8) is 0 Å². The zero-order valence-corrected chi connectivity index (χ0v) is 10.9. The average molecular weight is 319 g/mol. The fraction of sp³-hybridized carbons (Fsp3) is 0.364. The van der Waals surface area contributed by atoms with Gasteiger partial charge in [-0.1, -0.05) is 6.92 Å². The zero-order chi connectivity index (χ0) is 11.3. The van der Waals surface area contributed by atoms with Gasteiger partial charge < -0.3 is 10.1 Å². The molecule has 0 saturated heterocycles. The van der Waals surface area contributed by atoms with Gasteiger partial charge in [0.2, 0.25) is 0 Å². The second-order valence-electron chi connectivity index (χ2n) is 3.31. The maximum absolute atomic E-state index is 11.1. The molecule has 0 heterocycles. The van der Waals surface area contributed by atoms with Crippen LogP contribution in [0.2, 0.25) is 0 Å². The molecule has 0 bridgehead atoms. The van der Waals surface area contributed by atoms with Crippen LogP contribution in [-0.4, -0.2) is 19.6 Å². The number of benzene rings is 1. The molecular formula is C11H14INO2. The molecule has 4 heteroatoms. The standard InChI is InChI=1S/C11H14INO2/c1-8(11(14)15-2)7-13-10-5-3-9(12)4-6-10/h3-6,8,13H,7H2,1-2H3. The lowest BCUT2D eigenvalue weighted by atomic mass is 10.2. The van der Waals surface area contributed by atoms with Crippen LogP contribution >= 0.6 is 22.6 Å². The minimum absolute atomic E-state index is 0.130. The normalized spacial score (nSPS) is 11.9. The number of ether oxygens (including phenoxy) is 1. The summed E-state index contributed by atoms with van der Waals surface area (Å²) in [7, 11) is 1.41. The lowest BCUT2D eigenvalue weighted by molar-refractivity contribution is -0.144. The van der Waals surface area contributed by atoms with Crippen molar-refractivity contribution in [3.8, 4) is 0 Å². The van der Waals surface area contributed by atoms with Gasteiger partial charge in [0, 0.05) is 15.8 Å². The van der Waals surface area contributed by atoms with E-state index in [0.717, 1.165) is 5.69 Å². The van der Waals surface area contributed by atoms with Crippen molar-refractivity contribution >= 4 is 34.2 Å². The Morgan fingerprint density at radius 3 is 2.60 bits per heavy atom. The molecule has 1 unspecified atom stereocenters. The van der Waals surface area contributed by atoms with Gasteiger partial charge >= 0.3 is 5.97 Å². The van der Waals surface area contributed by atoms with Crippen LogP contribution in [0.5, 0.6) is 0 Å². The Bertz CT molecular complexity index is 324. The van der Waals surface area contributed by atoms with Crippen LogP contribution in [0.1, 0.15) is 6.92 Å². The summed E-state index contributed by atoms with van der Waals surface area (Å²) < 4.78 is 5.83. The second-order valence-corrected chi connectivity index (χ2v) is 4.56. The molecule has 0 amide bonds. The van der Waals surface area contributed by atoms with Crippen molar-refractivity contribution in [2.45, 2.75) is 6.92 Å².